The number of aromatic amines is 1. The number of quaternary nitrogens is 1. The minimum absolute atomic E-state index is 0. The molecule has 19 nitrogen and oxygen atoms in total. The van der Waals surface area contributed by atoms with Crippen molar-refractivity contribution in [1.82, 2.24) is 24.8 Å². The number of nitrogen functional groups attached to an aromatic ring is 1. The number of phenolic OH excluding ortho intramolecular Hbond substituents is 2. The van der Waals surface area contributed by atoms with Gasteiger partial charge in [0.25, 0.3) is 11.5 Å². The molecule has 0 spiro atoms. The maximum Gasteiger partial charge on any atom is 1.00 e. The van der Waals surface area contributed by atoms with Gasteiger partial charge in [-0.3, -0.25) is 19.0 Å². The molecular formula is C32H37ClN8NaO11S2+. The van der Waals surface area contributed by atoms with Gasteiger partial charge in [0, 0.05) is 23.5 Å². The molecule has 23 heteroatoms. The number of aromatic hydroxyl groups is 2. The monoisotopic (exact) mass is 831 g/mol. The molecule has 55 heavy (non-hydrogen) atoms. The third-order valence-corrected chi connectivity index (χ3v) is 12.8. The number of carboxylic acid groups (broad SMARTS) is 2. The number of fused-ring (bicyclic) bond motifs is 2. The predicted molar refractivity (Wildman–Crippen MR) is 194 cm³/mol. The van der Waals surface area contributed by atoms with Crippen LogP contribution in [0.5, 0.6) is 11.5 Å². The van der Waals surface area contributed by atoms with Gasteiger partial charge in [-0.25, -0.2) is 14.6 Å². The van der Waals surface area contributed by atoms with E-state index in [9.17, 15) is 49.2 Å². The Morgan fingerprint density at radius 2 is 1.91 bits per heavy atom. The van der Waals surface area contributed by atoms with Crippen molar-refractivity contribution in [3.63, 3.8) is 0 Å². The molecule has 2 unspecified atom stereocenters. The van der Waals surface area contributed by atoms with E-state index in [1.807, 2.05) is 6.92 Å². The van der Waals surface area contributed by atoms with Gasteiger partial charge < -0.3 is 55.5 Å². The molecular weight excluding hydrogens is 795 g/mol. The van der Waals surface area contributed by atoms with E-state index in [0.29, 0.717) is 24.1 Å². The number of likely N-dealkylation sites (tertiary alicyclic amines) is 1. The van der Waals surface area contributed by atoms with Gasteiger partial charge in [0.15, 0.2) is 27.9 Å². The number of carbonyl (C=O) groups is 4. The number of hydrogen-bond donors (Lipinski definition) is 6. The third kappa shape index (κ3) is 7.92. The van der Waals surface area contributed by atoms with Gasteiger partial charge in [-0.2, -0.15) is 0 Å². The van der Waals surface area contributed by atoms with Crippen LogP contribution in [0.2, 0.25) is 5.02 Å². The average molecular weight is 832 g/mol. The number of nitrogens with one attached hydrogen (secondary N) is 2. The summed E-state index contributed by atoms with van der Waals surface area (Å²) >= 11 is 8.38. The van der Waals surface area contributed by atoms with Gasteiger partial charge in [-0.1, -0.05) is 23.7 Å². The van der Waals surface area contributed by atoms with Crippen molar-refractivity contribution in [3.05, 3.63) is 43.0 Å². The minimum atomic E-state index is -1.92. The van der Waals surface area contributed by atoms with Crippen LogP contribution in [0.1, 0.15) is 39.3 Å². The number of rotatable bonds is 12. The number of phenols is 2. The molecule has 5 atom stereocenters. The second-order valence-corrected chi connectivity index (χ2v) is 16.8. The quantitative estimate of drug-likeness (QED) is 0.0255. The molecule has 0 aliphatic carbocycles. The molecule has 3 fully saturated rings. The molecule has 0 radical (unpaired) electrons. The number of thiazole rings is 1. The van der Waals surface area contributed by atoms with Crippen LogP contribution >= 0.6 is 34.7 Å². The zero-order valence-corrected chi connectivity index (χ0v) is 34.5. The van der Waals surface area contributed by atoms with E-state index in [4.69, 9.17) is 22.2 Å². The fourth-order valence-electron chi connectivity index (χ4n) is 7.20. The van der Waals surface area contributed by atoms with E-state index >= 15 is 0 Å². The SMILES string of the molecule is C[C@@H]1S[C@@H]2[C@H](NC(=O)/C(=N\OC(C)(C)C(=O)[O-])c3csc(N)n3)C(=O)N2C(C(=O)O)C1C[N+]1(CCn2c(=O)[nH]c3c(Cl)c(O)c(O)cc3c2=O)CCCC1.[Na+]. The number of oxime groups is 1. The first-order valence-corrected chi connectivity index (χ1v) is 19.0. The van der Waals surface area contributed by atoms with Gasteiger partial charge in [0.2, 0.25) is 5.91 Å². The van der Waals surface area contributed by atoms with Crippen molar-refractivity contribution < 1.29 is 78.5 Å². The Balaban J connectivity index is 0.00000580. The number of β-lactam (4-membered cyclic amide) rings is 1. The Morgan fingerprint density at radius 3 is 2.51 bits per heavy atom. The Kier molecular flexibility index (Phi) is 12.3. The van der Waals surface area contributed by atoms with Crippen LogP contribution in [-0.2, 0) is 30.6 Å². The molecule has 7 N–H and O–H groups in total. The van der Waals surface area contributed by atoms with Crippen LogP contribution in [0.4, 0.5) is 5.13 Å². The summed E-state index contributed by atoms with van der Waals surface area (Å²) in [6.45, 7) is 6.00. The Morgan fingerprint density at radius 1 is 1.24 bits per heavy atom. The summed E-state index contributed by atoms with van der Waals surface area (Å²) in [5.41, 5.74) is 1.71. The van der Waals surface area contributed by atoms with Gasteiger partial charge in [0.05, 0.1) is 55.5 Å². The predicted octanol–water partition coefficient (Wildman–Crippen LogP) is -3.79. The van der Waals surface area contributed by atoms with Crippen molar-refractivity contribution >= 4 is 80.2 Å². The van der Waals surface area contributed by atoms with Crippen LogP contribution in [0.3, 0.4) is 0 Å². The van der Waals surface area contributed by atoms with Crippen molar-refractivity contribution in [2.24, 2.45) is 11.1 Å². The first-order valence-electron chi connectivity index (χ1n) is 16.8. The molecule has 2 amide bonds. The van der Waals surface area contributed by atoms with Crippen molar-refractivity contribution in [2.45, 2.75) is 68.5 Å². The summed E-state index contributed by atoms with van der Waals surface area (Å²) in [6, 6.07) is -1.39. The summed E-state index contributed by atoms with van der Waals surface area (Å²) < 4.78 is 1.35. The van der Waals surface area contributed by atoms with E-state index < -0.39 is 81.2 Å². The number of aliphatic carboxylic acids is 2. The van der Waals surface area contributed by atoms with E-state index in [2.05, 4.69) is 20.4 Å². The van der Waals surface area contributed by atoms with Crippen molar-refractivity contribution in [3.8, 4) is 11.5 Å². The number of carbonyl (C=O) groups excluding carboxylic acids is 3. The number of thioether (sulfide) groups is 1. The van der Waals surface area contributed by atoms with Crippen molar-refractivity contribution in [2.75, 3.05) is 31.9 Å². The minimum Gasteiger partial charge on any atom is -0.546 e. The first-order chi connectivity index (χ1) is 25.4. The maximum atomic E-state index is 13.7. The Labute approximate surface area is 347 Å². The zero-order valence-electron chi connectivity index (χ0n) is 30.1. The molecule has 3 aromatic rings. The second-order valence-electron chi connectivity index (χ2n) is 14.0. The van der Waals surface area contributed by atoms with E-state index in [1.54, 1.807) is 0 Å². The number of amides is 2. The fourth-order valence-corrected chi connectivity index (χ4v) is 9.57. The van der Waals surface area contributed by atoms with Gasteiger partial charge in [-0.05, 0) is 19.9 Å². The molecule has 3 aliphatic heterocycles. The average Bonchev–Trinajstić information content (AvgIpc) is 3.76. The van der Waals surface area contributed by atoms with Crippen LogP contribution in [-0.4, -0.2) is 123 Å². The summed E-state index contributed by atoms with van der Waals surface area (Å²) in [6.07, 6.45) is 1.63. The number of aromatic nitrogens is 3. The number of anilines is 1. The molecule has 1 aromatic carbocycles. The molecule has 2 aromatic heterocycles. The number of carboxylic acids is 2. The molecule has 3 saturated heterocycles. The van der Waals surface area contributed by atoms with Gasteiger partial charge >= 0.3 is 41.2 Å². The number of benzene rings is 1. The molecule has 5 heterocycles. The molecule has 3 aliphatic rings. The largest absolute Gasteiger partial charge is 1.00 e. The number of hydrogen-bond acceptors (Lipinski definition) is 15. The number of halogens is 1. The summed E-state index contributed by atoms with van der Waals surface area (Å²) in [5, 5.41) is 48.2. The smallest absolute Gasteiger partial charge is 0.546 e. The van der Waals surface area contributed by atoms with Gasteiger partial charge in [-0.15, -0.1) is 23.1 Å². The number of nitrogens with two attached hydrogens (primary N) is 1. The van der Waals surface area contributed by atoms with Gasteiger partial charge in [0.1, 0.15) is 28.2 Å². The van der Waals surface area contributed by atoms with E-state index in [-0.39, 0.29) is 74.6 Å². The van der Waals surface area contributed by atoms with E-state index in [1.165, 1.54) is 35.9 Å². The summed E-state index contributed by atoms with van der Waals surface area (Å²) in [7, 11) is 0. The van der Waals surface area contributed by atoms with Crippen LogP contribution < -0.4 is 57.0 Å². The number of nitrogens with zero attached hydrogens (tertiary/aromatic N) is 5. The second kappa shape index (κ2) is 15.9. The molecule has 6 rings (SSSR count). The first kappa shape index (κ1) is 42.3. The Hall–Kier alpha value is -3.86. The summed E-state index contributed by atoms with van der Waals surface area (Å²) in [5.74, 6) is -6.26. The van der Waals surface area contributed by atoms with Crippen LogP contribution in [0.25, 0.3) is 10.9 Å². The molecule has 290 valence electrons. The zero-order chi connectivity index (χ0) is 39.4. The molecule has 0 bridgehead atoms. The van der Waals surface area contributed by atoms with Crippen LogP contribution in [0.15, 0.2) is 26.2 Å². The summed E-state index contributed by atoms with van der Waals surface area (Å²) in [4.78, 5) is 90.9. The Bertz CT molecular complexity index is 2210. The molecule has 0 saturated carbocycles. The standard InChI is InChI=1S/C32H37ClN8O11S2.Na/c1-13-15(11-41(7-4-5-8-41)9-6-39-25(45)14-10-17(42)23(43)18(33)19(14)37-31(39)51)22(28(47)48)40-26(46)21(27(40)54-13)36-24(44)20(16-12-53-30(34)35-16)38-52-32(2,3)29(49)50;/h10,12-13,15,21-22,27H,4-9,11H2,1-3H3,(H7-,34,35,36,37,38,42,43,44,45,47,48,49,50,51);/q;+1/t13-,15?,21+,22?,27+;/m0./s1. The fraction of sp³-hybridized carbons (Fsp3) is 0.500. The number of H-pyrrole nitrogens is 1. The van der Waals surface area contributed by atoms with E-state index in [0.717, 1.165) is 34.8 Å². The normalized spacial score (nSPS) is 23.4. The maximum absolute atomic E-state index is 13.7. The van der Waals surface area contributed by atoms with Crippen molar-refractivity contribution in [1.29, 1.82) is 0 Å². The van der Waals surface area contributed by atoms with Crippen LogP contribution in [0, 0.1) is 5.92 Å². The topological polar surface area (TPSA) is 283 Å². The third-order valence-electron chi connectivity index (χ3n) is 10.2.